The maximum absolute atomic E-state index is 9.64. The predicted molar refractivity (Wildman–Crippen MR) is 72.4 cm³/mol. The molecule has 0 amide bonds. The van der Waals surface area contributed by atoms with Crippen LogP contribution in [0.2, 0.25) is 0 Å². The van der Waals surface area contributed by atoms with E-state index in [0.29, 0.717) is 0 Å². The maximum Gasteiger partial charge on any atom is 0.0678 e. The van der Waals surface area contributed by atoms with Crippen LogP contribution in [0, 0.1) is 0 Å². The Balaban J connectivity index is 1.95. The Bertz CT molecular complexity index is 381. The van der Waals surface area contributed by atoms with Crippen LogP contribution >= 0.6 is 0 Å². The van der Waals surface area contributed by atoms with Crippen molar-refractivity contribution in [3.05, 3.63) is 17.5 Å². The first-order valence-corrected chi connectivity index (χ1v) is 6.90. The molecule has 0 aromatic carbocycles. The second-order valence-electron chi connectivity index (χ2n) is 6.39. The lowest BCUT2D eigenvalue weighted by Gasteiger charge is -2.18. The lowest BCUT2D eigenvalue weighted by Crippen LogP contribution is -2.24. The van der Waals surface area contributed by atoms with Crippen LogP contribution in [0.3, 0.4) is 0 Å². The number of aromatic nitrogens is 2. The summed E-state index contributed by atoms with van der Waals surface area (Å²) in [7, 11) is 0. The molecule has 1 saturated heterocycles. The number of aliphatic hydroxyl groups is 1. The summed E-state index contributed by atoms with van der Waals surface area (Å²) < 4.78 is 0. The van der Waals surface area contributed by atoms with E-state index in [1.165, 1.54) is 5.69 Å². The smallest absolute Gasteiger partial charge is 0.0678 e. The van der Waals surface area contributed by atoms with Gasteiger partial charge in [-0.05, 0) is 31.9 Å². The summed E-state index contributed by atoms with van der Waals surface area (Å²) in [4.78, 5) is 2.40. The van der Waals surface area contributed by atoms with Crippen LogP contribution in [0.1, 0.15) is 51.4 Å². The molecule has 0 bridgehead atoms. The van der Waals surface area contributed by atoms with Gasteiger partial charge in [-0.2, -0.15) is 5.10 Å². The second-order valence-corrected chi connectivity index (χ2v) is 6.39. The number of aliphatic hydroxyl groups excluding tert-OH is 1. The first-order chi connectivity index (χ1) is 8.45. The molecule has 0 aliphatic carbocycles. The monoisotopic (exact) mass is 251 g/mol. The van der Waals surface area contributed by atoms with Gasteiger partial charge in [0.2, 0.25) is 0 Å². The summed E-state index contributed by atoms with van der Waals surface area (Å²) in [5.41, 5.74) is 2.40. The fourth-order valence-electron chi connectivity index (χ4n) is 2.36. The fourth-order valence-corrected chi connectivity index (χ4v) is 2.36. The number of H-pyrrole nitrogens is 1. The summed E-state index contributed by atoms with van der Waals surface area (Å²) in [5, 5.41) is 17.2. The number of hydrogen-bond acceptors (Lipinski definition) is 3. The highest BCUT2D eigenvalue weighted by Gasteiger charge is 2.19. The number of nitrogens with one attached hydrogen (secondary N) is 1. The Labute approximate surface area is 109 Å². The highest BCUT2D eigenvalue weighted by molar-refractivity contribution is 5.16. The zero-order valence-electron chi connectivity index (χ0n) is 11.7. The Morgan fingerprint density at radius 1 is 1.39 bits per heavy atom. The average Bonchev–Trinajstić information content (AvgIpc) is 2.65. The highest BCUT2D eigenvalue weighted by Crippen LogP contribution is 2.21. The van der Waals surface area contributed by atoms with Crippen molar-refractivity contribution in [2.45, 2.75) is 58.1 Å². The zero-order chi connectivity index (χ0) is 13.2. The van der Waals surface area contributed by atoms with Gasteiger partial charge in [-0.3, -0.25) is 10.00 Å². The van der Waals surface area contributed by atoms with Gasteiger partial charge in [0.25, 0.3) is 0 Å². The third-order valence-corrected chi connectivity index (χ3v) is 3.58. The molecule has 0 spiro atoms. The first-order valence-electron chi connectivity index (χ1n) is 6.90. The summed E-state index contributed by atoms with van der Waals surface area (Å²) in [6.45, 7) is 9.49. The third-order valence-electron chi connectivity index (χ3n) is 3.58. The Morgan fingerprint density at radius 2 is 2.17 bits per heavy atom. The molecule has 4 nitrogen and oxygen atoms in total. The summed E-state index contributed by atoms with van der Waals surface area (Å²) in [5.74, 6) is 0. The number of likely N-dealkylation sites (tertiary alicyclic amines) is 1. The molecule has 1 aromatic heterocycles. The molecular formula is C14H25N3O. The maximum atomic E-state index is 9.64. The molecule has 1 fully saturated rings. The quantitative estimate of drug-likeness (QED) is 0.846. The molecule has 2 rings (SSSR count). The second kappa shape index (κ2) is 5.41. The summed E-state index contributed by atoms with van der Waals surface area (Å²) in [6.07, 6.45) is 2.80. The molecule has 1 aliphatic heterocycles. The van der Waals surface area contributed by atoms with E-state index < -0.39 is 0 Å². The van der Waals surface area contributed by atoms with Crippen LogP contribution < -0.4 is 0 Å². The third kappa shape index (κ3) is 3.56. The minimum absolute atomic E-state index is 0.101. The standard InChI is InChI=1S/C14H25N3O/c1-14(2,3)13-9-11(15-16-13)10-17-7-4-5-12(18)6-8-17/h9,12,18H,4-8,10H2,1-3H3,(H,15,16)/t12-/m1/s1. The Kier molecular flexibility index (Phi) is 4.07. The molecule has 1 atom stereocenters. The van der Waals surface area contributed by atoms with E-state index in [4.69, 9.17) is 0 Å². The molecule has 0 saturated carbocycles. The molecule has 4 heteroatoms. The van der Waals surface area contributed by atoms with Crippen molar-refractivity contribution in [3.63, 3.8) is 0 Å². The van der Waals surface area contributed by atoms with Crippen molar-refractivity contribution in [2.75, 3.05) is 13.1 Å². The molecule has 18 heavy (non-hydrogen) atoms. The van der Waals surface area contributed by atoms with Crippen LogP contribution in [0.4, 0.5) is 0 Å². The van der Waals surface area contributed by atoms with E-state index in [-0.39, 0.29) is 11.5 Å². The van der Waals surface area contributed by atoms with Gasteiger partial charge in [0, 0.05) is 24.2 Å². The van der Waals surface area contributed by atoms with Gasteiger partial charge in [0.1, 0.15) is 0 Å². The van der Waals surface area contributed by atoms with Crippen LogP contribution in [0.15, 0.2) is 6.07 Å². The van der Waals surface area contributed by atoms with Crippen LogP contribution in [-0.4, -0.2) is 39.4 Å². The molecule has 1 aromatic rings. The van der Waals surface area contributed by atoms with Crippen LogP contribution in [0.25, 0.3) is 0 Å². The predicted octanol–water partition coefficient (Wildman–Crippen LogP) is 2.05. The normalized spacial score (nSPS) is 23.0. The van der Waals surface area contributed by atoms with Gasteiger partial charge < -0.3 is 5.11 Å². The van der Waals surface area contributed by atoms with E-state index in [0.717, 1.165) is 44.6 Å². The number of nitrogens with zero attached hydrogens (tertiary/aromatic N) is 2. The van der Waals surface area contributed by atoms with E-state index in [1.54, 1.807) is 0 Å². The summed E-state index contributed by atoms with van der Waals surface area (Å²) >= 11 is 0. The van der Waals surface area contributed by atoms with Crippen LogP contribution in [0.5, 0.6) is 0 Å². The first kappa shape index (κ1) is 13.6. The lowest BCUT2D eigenvalue weighted by molar-refractivity contribution is 0.154. The molecular weight excluding hydrogens is 226 g/mol. The van der Waals surface area contributed by atoms with Gasteiger partial charge in [0.15, 0.2) is 0 Å². The lowest BCUT2D eigenvalue weighted by atomic mass is 9.92. The molecule has 0 radical (unpaired) electrons. The van der Waals surface area contributed by atoms with Gasteiger partial charge in [0.05, 0.1) is 11.8 Å². The van der Waals surface area contributed by atoms with Gasteiger partial charge in [-0.1, -0.05) is 20.8 Å². The van der Waals surface area contributed by atoms with E-state index in [2.05, 4.69) is 41.9 Å². The van der Waals surface area contributed by atoms with Gasteiger partial charge in [-0.25, -0.2) is 0 Å². The van der Waals surface area contributed by atoms with E-state index >= 15 is 0 Å². The molecule has 0 unspecified atom stereocenters. The summed E-state index contributed by atoms with van der Waals surface area (Å²) in [6, 6.07) is 2.17. The Morgan fingerprint density at radius 3 is 2.83 bits per heavy atom. The molecule has 102 valence electrons. The SMILES string of the molecule is CC(C)(C)c1cc(CN2CCC[C@@H](O)CC2)[nH]n1. The van der Waals surface area contributed by atoms with Crippen molar-refractivity contribution < 1.29 is 5.11 Å². The number of aromatic amines is 1. The van der Waals surface area contributed by atoms with Crippen molar-refractivity contribution in [1.29, 1.82) is 0 Å². The van der Waals surface area contributed by atoms with E-state index in [1.807, 2.05) is 0 Å². The topological polar surface area (TPSA) is 52.1 Å². The molecule has 2 heterocycles. The fraction of sp³-hybridized carbons (Fsp3) is 0.786. The highest BCUT2D eigenvalue weighted by atomic mass is 16.3. The molecule has 1 aliphatic rings. The minimum atomic E-state index is -0.109. The van der Waals surface area contributed by atoms with Crippen molar-refractivity contribution in [2.24, 2.45) is 0 Å². The Hall–Kier alpha value is -0.870. The van der Waals surface area contributed by atoms with Crippen molar-refractivity contribution >= 4 is 0 Å². The molecule has 2 N–H and O–H groups in total. The van der Waals surface area contributed by atoms with Gasteiger partial charge >= 0.3 is 0 Å². The zero-order valence-corrected chi connectivity index (χ0v) is 11.7. The number of hydrogen-bond donors (Lipinski definition) is 2. The van der Waals surface area contributed by atoms with Gasteiger partial charge in [-0.15, -0.1) is 0 Å². The van der Waals surface area contributed by atoms with Crippen LogP contribution in [-0.2, 0) is 12.0 Å². The van der Waals surface area contributed by atoms with Crippen molar-refractivity contribution in [1.82, 2.24) is 15.1 Å². The number of rotatable bonds is 2. The minimum Gasteiger partial charge on any atom is -0.393 e. The average molecular weight is 251 g/mol. The van der Waals surface area contributed by atoms with Crippen molar-refractivity contribution in [3.8, 4) is 0 Å². The van der Waals surface area contributed by atoms with E-state index in [9.17, 15) is 5.11 Å². The largest absolute Gasteiger partial charge is 0.393 e.